The maximum absolute atomic E-state index is 12.3. The molecule has 2 N–H and O–H groups in total. The summed E-state index contributed by atoms with van der Waals surface area (Å²) >= 11 is 0. The largest absolute Gasteiger partial charge is 0.496 e. The number of para-hydroxylation sites is 1. The van der Waals surface area contributed by atoms with E-state index in [2.05, 4.69) is 25.6 Å². The molecule has 0 aliphatic carbocycles. The molecule has 2 aromatic heterocycles. The van der Waals surface area contributed by atoms with Crippen LogP contribution in [-0.2, 0) is 4.79 Å². The molecule has 5 rings (SSSR count). The van der Waals surface area contributed by atoms with Crippen LogP contribution in [0.1, 0.15) is 18.4 Å². The number of nitrogens with one attached hydrogen (secondary N) is 2. The number of fused-ring (bicyclic) bond motifs is 1. The molecule has 176 valence electrons. The van der Waals surface area contributed by atoms with Gasteiger partial charge in [-0.2, -0.15) is 4.98 Å². The van der Waals surface area contributed by atoms with E-state index in [1.807, 2.05) is 53.4 Å². The Hall–Kier alpha value is -4.46. The molecule has 0 spiro atoms. The van der Waals surface area contributed by atoms with E-state index >= 15 is 0 Å². The first-order valence-electron chi connectivity index (χ1n) is 11.5. The van der Waals surface area contributed by atoms with Crippen molar-refractivity contribution in [1.82, 2.24) is 19.9 Å². The van der Waals surface area contributed by atoms with Crippen LogP contribution >= 0.6 is 0 Å². The highest BCUT2D eigenvalue weighted by molar-refractivity contribution is 5.92. The molecular formula is C27H26N6O2. The van der Waals surface area contributed by atoms with E-state index < -0.39 is 0 Å². The summed E-state index contributed by atoms with van der Waals surface area (Å²) in [6.07, 6.45) is 9.01. The summed E-state index contributed by atoms with van der Waals surface area (Å²) in [5.74, 6) is 1.77. The molecule has 3 heterocycles. The topological polar surface area (TPSA) is 92.3 Å². The van der Waals surface area contributed by atoms with Gasteiger partial charge in [-0.15, -0.1) is 0 Å². The van der Waals surface area contributed by atoms with Crippen LogP contribution in [0, 0.1) is 0 Å². The molecule has 0 unspecified atom stereocenters. The number of carbonyl (C=O) groups excluding carboxylic acids is 1. The van der Waals surface area contributed by atoms with Gasteiger partial charge in [-0.1, -0.05) is 18.2 Å². The maximum Gasteiger partial charge on any atom is 0.246 e. The van der Waals surface area contributed by atoms with Gasteiger partial charge in [0.25, 0.3) is 0 Å². The van der Waals surface area contributed by atoms with Gasteiger partial charge in [-0.05, 0) is 49.2 Å². The van der Waals surface area contributed by atoms with E-state index in [4.69, 9.17) is 4.74 Å². The normalized spacial score (nSPS) is 13.3. The number of ether oxygens (including phenoxy) is 1. The van der Waals surface area contributed by atoms with E-state index in [9.17, 15) is 4.79 Å². The highest BCUT2D eigenvalue weighted by atomic mass is 16.5. The minimum Gasteiger partial charge on any atom is -0.496 e. The van der Waals surface area contributed by atoms with Crippen LogP contribution in [0.25, 0.3) is 17.0 Å². The number of aromatic nitrogens is 3. The van der Waals surface area contributed by atoms with Gasteiger partial charge in [-0.25, -0.2) is 4.98 Å². The van der Waals surface area contributed by atoms with Gasteiger partial charge < -0.3 is 20.3 Å². The van der Waals surface area contributed by atoms with Gasteiger partial charge in [-0.3, -0.25) is 9.78 Å². The molecule has 0 bridgehead atoms. The van der Waals surface area contributed by atoms with E-state index in [0.29, 0.717) is 17.5 Å². The van der Waals surface area contributed by atoms with Crippen molar-refractivity contribution in [2.45, 2.75) is 12.8 Å². The number of hydrogen-bond donors (Lipinski definition) is 2. The quantitative estimate of drug-likeness (QED) is 0.364. The summed E-state index contributed by atoms with van der Waals surface area (Å²) in [5.41, 5.74) is 3.38. The third-order valence-corrected chi connectivity index (χ3v) is 5.83. The van der Waals surface area contributed by atoms with Crippen LogP contribution in [0.3, 0.4) is 0 Å². The molecular weight excluding hydrogens is 440 g/mol. The van der Waals surface area contributed by atoms with Crippen molar-refractivity contribution in [3.63, 3.8) is 0 Å². The lowest BCUT2D eigenvalue weighted by atomic mass is 10.1. The first-order chi connectivity index (χ1) is 17.2. The third-order valence-electron chi connectivity index (χ3n) is 5.83. The average molecular weight is 467 g/mol. The van der Waals surface area contributed by atoms with Crippen molar-refractivity contribution in [3.8, 4) is 5.75 Å². The molecule has 8 heteroatoms. The lowest BCUT2D eigenvalue weighted by Gasteiger charge is -2.13. The zero-order valence-electron chi connectivity index (χ0n) is 19.4. The summed E-state index contributed by atoms with van der Waals surface area (Å²) < 4.78 is 5.54. The lowest BCUT2D eigenvalue weighted by molar-refractivity contribution is -0.124. The number of benzene rings is 2. The first kappa shape index (κ1) is 22.3. The van der Waals surface area contributed by atoms with Gasteiger partial charge >= 0.3 is 0 Å². The van der Waals surface area contributed by atoms with E-state index in [-0.39, 0.29) is 5.91 Å². The molecule has 1 amide bonds. The molecule has 0 saturated carbocycles. The van der Waals surface area contributed by atoms with Crippen molar-refractivity contribution < 1.29 is 9.53 Å². The number of pyridine rings is 1. The SMILES string of the molecule is COc1cc(Nc2nccc(Nc3cnc4ccccc4c3)n2)ccc1C=CC(=O)N1CCCC1. The Morgan fingerprint density at radius 2 is 1.86 bits per heavy atom. The Kier molecular flexibility index (Phi) is 6.52. The van der Waals surface area contributed by atoms with Gasteiger partial charge in [0.15, 0.2) is 0 Å². The molecule has 1 aliphatic rings. The fourth-order valence-electron chi connectivity index (χ4n) is 4.04. The van der Waals surface area contributed by atoms with E-state index in [1.165, 1.54) is 0 Å². The van der Waals surface area contributed by atoms with Gasteiger partial charge in [0.2, 0.25) is 11.9 Å². The number of hydrogen-bond acceptors (Lipinski definition) is 7. The zero-order chi connectivity index (χ0) is 24.0. The molecule has 1 saturated heterocycles. The van der Waals surface area contributed by atoms with Gasteiger partial charge in [0, 0.05) is 48.1 Å². The fraction of sp³-hybridized carbons (Fsp3) is 0.185. The predicted octanol–water partition coefficient (Wildman–Crippen LogP) is 5.16. The summed E-state index contributed by atoms with van der Waals surface area (Å²) in [5, 5.41) is 7.54. The standard InChI is InChI=1S/C27H26N6O2/c1-35-24-17-21(10-8-19(24)9-11-26(34)33-14-4-5-15-33)31-27-28-13-12-25(32-27)30-22-16-20-6-2-3-7-23(20)29-18-22/h2-3,6-13,16-18H,4-5,14-15H2,1H3,(H2,28,30,31,32). The van der Waals surface area contributed by atoms with Crippen LogP contribution in [0.2, 0.25) is 0 Å². The van der Waals surface area contributed by atoms with Gasteiger partial charge in [0.05, 0.1) is 24.5 Å². The number of methoxy groups -OCH3 is 1. The van der Waals surface area contributed by atoms with Crippen molar-refractivity contribution in [2.24, 2.45) is 0 Å². The number of rotatable bonds is 7. The molecule has 8 nitrogen and oxygen atoms in total. The van der Waals surface area contributed by atoms with Crippen LogP contribution < -0.4 is 15.4 Å². The maximum atomic E-state index is 12.3. The number of nitrogens with zero attached hydrogens (tertiary/aromatic N) is 4. The van der Waals surface area contributed by atoms with Crippen molar-refractivity contribution in [1.29, 1.82) is 0 Å². The molecule has 0 atom stereocenters. The first-order valence-corrected chi connectivity index (χ1v) is 11.5. The van der Waals surface area contributed by atoms with Crippen molar-refractivity contribution in [2.75, 3.05) is 30.8 Å². The van der Waals surface area contributed by atoms with Gasteiger partial charge in [0.1, 0.15) is 11.6 Å². The summed E-state index contributed by atoms with van der Waals surface area (Å²) in [6.45, 7) is 1.66. The molecule has 0 radical (unpaired) electrons. The highest BCUT2D eigenvalue weighted by Gasteiger charge is 2.15. The minimum absolute atomic E-state index is 0.0334. The van der Waals surface area contributed by atoms with Crippen LogP contribution in [0.4, 0.5) is 23.1 Å². The van der Waals surface area contributed by atoms with Crippen LogP contribution in [0.5, 0.6) is 5.75 Å². The smallest absolute Gasteiger partial charge is 0.246 e. The molecule has 1 fully saturated rings. The third kappa shape index (κ3) is 5.38. The highest BCUT2D eigenvalue weighted by Crippen LogP contribution is 2.27. The summed E-state index contributed by atoms with van der Waals surface area (Å²) in [7, 11) is 1.61. The summed E-state index contributed by atoms with van der Waals surface area (Å²) in [4.78, 5) is 27.5. The Bertz CT molecular complexity index is 1380. The molecule has 2 aromatic carbocycles. The van der Waals surface area contributed by atoms with E-state index in [0.717, 1.165) is 53.8 Å². The lowest BCUT2D eigenvalue weighted by Crippen LogP contribution is -2.25. The molecule has 1 aliphatic heterocycles. The monoisotopic (exact) mass is 466 g/mol. The zero-order valence-corrected chi connectivity index (χ0v) is 19.4. The van der Waals surface area contributed by atoms with Crippen molar-refractivity contribution in [3.05, 3.63) is 78.6 Å². The second kappa shape index (κ2) is 10.2. The fourth-order valence-corrected chi connectivity index (χ4v) is 4.04. The number of anilines is 4. The minimum atomic E-state index is 0.0334. The molecule has 4 aromatic rings. The van der Waals surface area contributed by atoms with Crippen molar-refractivity contribution >= 4 is 46.0 Å². The van der Waals surface area contributed by atoms with Crippen LogP contribution in [0.15, 0.2) is 73.1 Å². The number of likely N-dealkylation sites (tertiary alicyclic amines) is 1. The Labute approximate surface area is 203 Å². The second-order valence-corrected chi connectivity index (χ2v) is 8.25. The Morgan fingerprint density at radius 1 is 1.00 bits per heavy atom. The number of carbonyl (C=O) groups is 1. The Balaban J connectivity index is 1.28. The summed E-state index contributed by atoms with van der Waals surface area (Å²) in [6, 6.07) is 17.4. The Morgan fingerprint density at radius 3 is 2.71 bits per heavy atom. The molecule has 35 heavy (non-hydrogen) atoms. The second-order valence-electron chi connectivity index (χ2n) is 8.25. The number of amides is 1. The average Bonchev–Trinajstić information content (AvgIpc) is 3.43. The van der Waals surface area contributed by atoms with E-state index in [1.54, 1.807) is 37.7 Å². The predicted molar refractivity (Wildman–Crippen MR) is 138 cm³/mol. The van der Waals surface area contributed by atoms with Crippen LogP contribution in [-0.4, -0.2) is 46.0 Å².